The van der Waals surface area contributed by atoms with Crippen molar-refractivity contribution >= 4 is 22.4 Å². The molecule has 2 aromatic carbocycles. The number of quaternary nitrogens is 1. The van der Waals surface area contributed by atoms with E-state index >= 15 is 0 Å². The summed E-state index contributed by atoms with van der Waals surface area (Å²) in [6.07, 6.45) is 0. The number of nitrogens with one attached hydrogen (secondary N) is 1. The quantitative estimate of drug-likeness (QED) is 0.740. The number of anilines is 1. The highest BCUT2D eigenvalue weighted by atomic mass is 32.1. The first-order chi connectivity index (χ1) is 12.1. The van der Waals surface area contributed by atoms with Gasteiger partial charge in [0, 0.05) is 10.9 Å². The molecule has 4 nitrogen and oxygen atoms in total. The summed E-state index contributed by atoms with van der Waals surface area (Å²) in [6.45, 7) is 0.974. The molecule has 1 amide bonds. The minimum absolute atomic E-state index is 0.0813. The highest BCUT2D eigenvalue weighted by Crippen LogP contribution is 2.28. The number of hydrogen-bond acceptors (Lipinski definition) is 3. The number of nitrogens with zero attached hydrogens (tertiary/aromatic N) is 2. The van der Waals surface area contributed by atoms with Gasteiger partial charge in [0.2, 0.25) is 0 Å². The first-order valence-electron chi connectivity index (χ1n) is 8.28. The van der Waals surface area contributed by atoms with Crippen LogP contribution in [0, 0.1) is 0 Å². The van der Waals surface area contributed by atoms with Crippen molar-refractivity contribution in [3.8, 4) is 11.3 Å². The number of aromatic nitrogens is 1. The highest BCUT2D eigenvalue weighted by molar-refractivity contribution is 7.14. The Hall–Kier alpha value is -2.50. The van der Waals surface area contributed by atoms with Crippen LogP contribution < -0.4 is 9.80 Å². The molecule has 0 aliphatic rings. The second-order valence-corrected chi connectivity index (χ2v) is 7.07. The summed E-state index contributed by atoms with van der Waals surface area (Å²) in [7, 11) is 3.96. The maximum Gasteiger partial charge on any atom is 0.284 e. The molecule has 0 aliphatic carbocycles. The van der Waals surface area contributed by atoms with Crippen molar-refractivity contribution in [2.24, 2.45) is 0 Å². The number of amides is 1. The SMILES string of the molecule is C[NH+](C)CC(=O)N(Cc1ccccc1)c1nc(-c2ccccc2)cs1. The van der Waals surface area contributed by atoms with Crippen LogP contribution in [0.4, 0.5) is 5.13 Å². The van der Waals surface area contributed by atoms with Crippen molar-refractivity contribution < 1.29 is 9.69 Å². The second-order valence-electron chi connectivity index (χ2n) is 6.23. The minimum atomic E-state index is 0.0813. The maximum absolute atomic E-state index is 12.8. The van der Waals surface area contributed by atoms with Crippen molar-refractivity contribution in [2.75, 3.05) is 25.5 Å². The molecule has 0 radical (unpaired) electrons. The monoisotopic (exact) mass is 352 g/mol. The number of carbonyl (C=O) groups is 1. The molecule has 0 spiro atoms. The van der Waals surface area contributed by atoms with E-state index in [-0.39, 0.29) is 5.91 Å². The van der Waals surface area contributed by atoms with E-state index in [9.17, 15) is 4.79 Å². The van der Waals surface area contributed by atoms with Gasteiger partial charge in [-0.05, 0) is 5.56 Å². The number of carbonyl (C=O) groups excluding carboxylic acids is 1. The zero-order chi connectivity index (χ0) is 17.6. The molecule has 0 bridgehead atoms. The Morgan fingerprint density at radius 2 is 1.68 bits per heavy atom. The largest absolute Gasteiger partial charge is 0.332 e. The molecule has 3 rings (SSSR count). The van der Waals surface area contributed by atoms with Crippen LogP contribution >= 0.6 is 11.3 Å². The van der Waals surface area contributed by atoms with Gasteiger partial charge < -0.3 is 4.90 Å². The third-order valence-corrected chi connectivity index (χ3v) is 4.65. The molecule has 3 aromatic rings. The average molecular weight is 352 g/mol. The van der Waals surface area contributed by atoms with Gasteiger partial charge in [-0.25, -0.2) is 4.98 Å². The van der Waals surface area contributed by atoms with E-state index in [1.54, 1.807) is 4.90 Å². The number of benzene rings is 2. The van der Waals surface area contributed by atoms with Crippen LogP contribution in [0.25, 0.3) is 11.3 Å². The molecule has 0 atom stereocenters. The predicted molar refractivity (Wildman–Crippen MR) is 103 cm³/mol. The minimum Gasteiger partial charge on any atom is -0.332 e. The molecule has 5 heteroatoms. The lowest BCUT2D eigenvalue weighted by Crippen LogP contribution is -3.07. The van der Waals surface area contributed by atoms with Gasteiger partial charge in [-0.15, -0.1) is 11.3 Å². The standard InChI is InChI=1S/C20H21N3OS/c1-22(2)14-19(24)23(13-16-9-5-3-6-10-16)20-21-18(15-25-20)17-11-7-4-8-12-17/h3-12,15H,13-14H2,1-2H3/p+1. The van der Waals surface area contributed by atoms with Gasteiger partial charge in [0.15, 0.2) is 11.7 Å². The summed E-state index contributed by atoms with van der Waals surface area (Å²) >= 11 is 1.51. The molecular weight excluding hydrogens is 330 g/mol. The van der Waals surface area contributed by atoms with Crippen molar-refractivity contribution in [3.63, 3.8) is 0 Å². The Morgan fingerprint density at radius 1 is 1.04 bits per heavy atom. The van der Waals surface area contributed by atoms with E-state index in [0.717, 1.165) is 26.9 Å². The fourth-order valence-electron chi connectivity index (χ4n) is 2.56. The van der Waals surface area contributed by atoms with Crippen molar-refractivity contribution in [3.05, 3.63) is 71.6 Å². The molecule has 0 aliphatic heterocycles. The lowest BCUT2D eigenvalue weighted by molar-refractivity contribution is -0.849. The lowest BCUT2D eigenvalue weighted by Gasteiger charge is -2.20. The van der Waals surface area contributed by atoms with Crippen LogP contribution in [0.2, 0.25) is 0 Å². The van der Waals surface area contributed by atoms with E-state index in [0.29, 0.717) is 13.1 Å². The van der Waals surface area contributed by atoms with Crippen molar-refractivity contribution in [1.82, 2.24) is 4.98 Å². The Balaban J connectivity index is 1.88. The first kappa shape index (κ1) is 17.3. The summed E-state index contributed by atoms with van der Waals surface area (Å²) in [5, 5.41) is 2.76. The van der Waals surface area contributed by atoms with Gasteiger partial charge in [-0.2, -0.15) is 0 Å². The van der Waals surface area contributed by atoms with E-state index < -0.39 is 0 Å². The van der Waals surface area contributed by atoms with Crippen molar-refractivity contribution in [1.29, 1.82) is 0 Å². The highest BCUT2D eigenvalue weighted by Gasteiger charge is 2.22. The molecule has 0 saturated carbocycles. The van der Waals surface area contributed by atoms with Gasteiger partial charge in [-0.3, -0.25) is 9.69 Å². The van der Waals surface area contributed by atoms with Crippen LogP contribution in [0.5, 0.6) is 0 Å². The molecular formula is C20H22N3OS+. The number of rotatable bonds is 6. The van der Waals surface area contributed by atoms with E-state index in [1.165, 1.54) is 11.3 Å². The summed E-state index contributed by atoms with van der Waals surface area (Å²) in [4.78, 5) is 20.4. The summed E-state index contributed by atoms with van der Waals surface area (Å²) in [5.74, 6) is 0.0813. The summed E-state index contributed by atoms with van der Waals surface area (Å²) in [6, 6.07) is 20.1. The topological polar surface area (TPSA) is 37.6 Å². The number of thiazole rings is 1. The van der Waals surface area contributed by atoms with Crippen LogP contribution in [0.15, 0.2) is 66.0 Å². The number of hydrogen-bond donors (Lipinski definition) is 1. The van der Waals surface area contributed by atoms with Crippen molar-refractivity contribution in [2.45, 2.75) is 6.54 Å². The molecule has 1 heterocycles. The molecule has 25 heavy (non-hydrogen) atoms. The van der Waals surface area contributed by atoms with Gasteiger partial charge in [0.1, 0.15) is 0 Å². The van der Waals surface area contributed by atoms with Gasteiger partial charge in [0.05, 0.1) is 26.3 Å². The Labute approximate surface area is 152 Å². The van der Waals surface area contributed by atoms with Crippen LogP contribution in [0.3, 0.4) is 0 Å². The number of likely N-dealkylation sites (N-methyl/N-ethyl adjacent to an activating group) is 1. The normalized spacial score (nSPS) is 10.8. The Bertz CT molecular complexity index is 815. The van der Waals surface area contributed by atoms with Gasteiger partial charge in [0.25, 0.3) is 5.91 Å². The molecule has 1 N–H and O–H groups in total. The van der Waals surface area contributed by atoms with Crippen LogP contribution in [0.1, 0.15) is 5.56 Å². The van der Waals surface area contributed by atoms with Gasteiger partial charge >= 0.3 is 0 Å². The Kier molecular flexibility index (Phi) is 5.58. The zero-order valence-electron chi connectivity index (χ0n) is 14.5. The summed E-state index contributed by atoms with van der Waals surface area (Å²) in [5.41, 5.74) is 3.07. The third-order valence-electron chi connectivity index (χ3n) is 3.78. The fraction of sp³-hybridized carbons (Fsp3) is 0.200. The van der Waals surface area contributed by atoms with E-state index in [2.05, 4.69) is 0 Å². The molecule has 0 unspecified atom stereocenters. The van der Waals surface area contributed by atoms with Crippen LogP contribution in [-0.2, 0) is 11.3 Å². The van der Waals surface area contributed by atoms with Crippen LogP contribution in [-0.4, -0.2) is 31.5 Å². The average Bonchev–Trinajstić information content (AvgIpc) is 3.10. The molecule has 128 valence electrons. The third kappa shape index (κ3) is 4.53. The van der Waals surface area contributed by atoms with E-state index in [4.69, 9.17) is 4.98 Å². The zero-order valence-corrected chi connectivity index (χ0v) is 15.3. The lowest BCUT2D eigenvalue weighted by atomic mass is 10.2. The first-order valence-corrected chi connectivity index (χ1v) is 9.15. The fourth-order valence-corrected chi connectivity index (χ4v) is 3.41. The molecule has 1 aromatic heterocycles. The molecule has 0 fully saturated rings. The second kappa shape index (κ2) is 8.05. The molecule has 0 saturated heterocycles. The summed E-state index contributed by atoms with van der Waals surface area (Å²) < 4.78 is 0. The maximum atomic E-state index is 12.8. The van der Waals surface area contributed by atoms with Gasteiger partial charge in [-0.1, -0.05) is 60.7 Å². The Morgan fingerprint density at radius 3 is 2.32 bits per heavy atom. The smallest absolute Gasteiger partial charge is 0.284 e. The van der Waals surface area contributed by atoms with E-state index in [1.807, 2.05) is 80.1 Å². The predicted octanol–water partition coefficient (Wildman–Crippen LogP) is 2.49.